The minimum Gasteiger partial charge on any atom is -0.376 e. The van der Waals surface area contributed by atoms with Gasteiger partial charge in [-0.05, 0) is 35.4 Å². The monoisotopic (exact) mass is 304 g/mol. The molecule has 0 aliphatic carbocycles. The average Bonchev–Trinajstić information content (AvgIpc) is 2.53. The van der Waals surface area contributed by atoms with E-state index >= 15 is 0 Å². The van der Waals surface area contributed by atoms with Crippen LogP contribution >= 0.6 is 11.8 Å². The molecule has 1 atom stereocenters. The lowest BCUT2D eigenvalue weighted by molar-refractivity contribution is -0.384. The maximum absolute atomic E-state index is 10.6. The van der Waals surface area contributed by atoms with E-state index < -0.39 is 4.92 Å². The third-order valence-corrected chi connectivity index (χ3v) is 4.12. The molecule has 1 aromatic heterocycles. The highest BCUT2D eigenvalue weighted by Crippen LogP contribution is 2.25. The zero-order valence-electron chi connectivity index (χ0n) is 11.6. The lowest BCUT2D eigenvalue weighted by atomic mass is 10.1. The van der Waals surface area contributed by atoms with E-state index in [9.17, 15) is 10.1 Å². The van der Waals surface area contributed by atoms with Crippen LogP contribution < -0.4 is 0 Å². The number of thioether (sulfide) groups is 1. The minimum atomic E-state index is -0.399. The van der Waals surface area contributed by atoms with Crippen molar-refractivity contribution in [3.05, 3.63) is 70.0 Å². The first-order valence-corrected chi connectivity index (χ1v) is 7.60. The second-order valence-electron chi connectivity index (χ2n) is 4.44. The standard InChI is InChI=1S/C15H16N2O3S/c1-20-15(11-21-10-12-6-8-16-9-7-12)13-2-4-14(5-3-13)17(18)19/h2-9,15H,10-11H2,1H3. The molecule has 110 valence electrons. The number of rotatable bonds is 7. The van der Waals surface area contributed by atoms with Crippen molar-refractivity contribution in [3.63, 3.8) is 0 Å². The Labute approximate surface area is 127 Å². The van der Waals surface area contributed by atoms with Crippen LogP contribution in [-0.4, -0.2) is 22.8 Å². The summed E-state index contributed by atoms with van der Waals surface area (Å²) in [6.07, 6.45) is 3.48. The van der Waals surface area contributed by atoms with Crippen LogP contribution in [0.2, 0.25) is 0 Å². The number of nitro benzene ring substituents is 1. The fourth-order valence-corrected chi connectivity index (χ4v) is 2.96. The zero-order valence-corrected chi connectivity index (χ0v) is 12.5. The van der Waals surface area contributed by atoms with Crippen molar-refractivity contribution >= 4 is 17.4 Å². The molecule has 0 saturated heterocycles. The molecule has 21 heavy (non-hydrogen) atoms. The van der Waals surface area contributed by atoms with E-state index in [4.69, 9.17) is 4.74 Å². The second-order valence-corrected chi connectivity index (χ2v) is 5.47. The minimum absolute atomic E-state index is 0.0716. The number of pyridine rings is 1. The molecule has 0 fully saturated rings. The summed E-state index contributed by atoms with van der Waals surface area (Å²) < 4.78 is 5.47. The smallest absolute Gasteiger partial charge is 0.269 e. The number of non-ortho nitro benzene ring substituents is 1. The summed E-state index contributed by atoms with van der Waals surface area (Å²) in [5.74, 6) is 1.67. The Morgan fingerprint density at radius 1 is 1.24 bits per heavy atom. The van der Waals surface area contributed by atoms with Gasteiger partial charge in [0.05, 0.1) is 11.0 Å². The summed E-state index contributed by atoms with van der Waals surface area (Å²) in [7, 11) is 1.65. The molecule has 5 nitrogen and oxygen atoms in total. The van der Waals surface area contributed by atoms with Gasteiger partial charge in [-0.25, -0.2) is 0 Å². The zero-order chi connectivity index (χ0) is 15.1. The SMILES string of the molecule is COC(CSCc1ccncc1)c1ccc([N+](=O)[O-])cc1. The fourth-order valence-electron chi connectivity index (χ4n) is 1.87. The van der Waals surface area contributed by atoms with Gasteiger partial charge in [-0.3, -0.25) is 15.1 Å². The van der Waals surface area contributed by atoms with Gasteiger partial charge in [0, 0.05) is 43.1 Å². The third kappa shape index (κ3) is 4.54. The Morgan fingerprint density at radius 3 is 2.48 bits per heavy atom. The number of benzene rings is 1. The highest BCUT2D eigenvalue weighted by atomic mass is 32.2. The van der Waals surface area contributed by atoms with Crippen molar-refractivity contribution in [2.45, 2.75) is 11.9 Å². The molecular weight excluding hydrogens is 288 g/mol. The first kappa shape index (κ1) is 15.5. The first-order valence-electron chi connectivity index (χ1n) is 6.44. The van der Waals surface area contributed by atoms with Gasteiger partial charge in [0.2, 0.25) is 0 Å². The molecule has 2 aromatic rings. The first-order chi connectivity index (χ1) is 10.2. The molecule has 0 bridgehead atoms. The van der Waals surface area contributed by atoms with Crippen molar-refractivity contribution in [3.8, 4) is 0 Å². The number of aromatic nitrogens is 1. The summed E-state index contributed by atoms with van der Waals surface area (Å²) in [5.41, 5.74) is 2.26. The molecule has 0 N–H and O–H groups in total. The van der Waals surface area contributed by atoms with Crippen LogP contribution in [0, 0.1) is 10.1 Å². The van der Waals surface area contributed by atoms with E-state index in [0.29, 0.717) is 0 Å². The molecule has 1 unspecified atom stereocenters. The number of ether oxygens (including phenoxy) is 1. The largest absolute Gasteiger partial charge is 0.376 e. The van der Waals surface area contributed by atoms with Crippen molar-refractivity contribution in [2.75, 3.05) is 12.9 Å². The number of nitro groups is 1. The lowest BCUT2D eigenvalue weighted by Gasteiger charge is -2.15. The maximum Gasteiger partial charge on any atom is 0.269 e. The number of methoxy groups -OCH3 is 1. The van der Waals surface area contributed by atoms with Gasteiger partial charge in [-0.1, -0.05) is 0 Å². The predicted octanol–water partition coefficient (Wildman–Crippen LogP) is 3.61. The highest BCUT2D eigenvalue weighted by Gasteiger charge is 2.12. The van der Waals surface area contributed by atoms with Gasteiger partial charge < -0.3 is 4.74 Å². The van der Waals surface area contributed by atoms with Crippen LogP contribution in [0.25, 0.3) is 0 Å². The molecule has 6 heteroatoms. The summed E-state index contributed by atoms with van der Waals surface area (Å²) >= 11 is 1.76. The summed E-state index contributed by atoms with van der Waals surface area (Å²) in [5, 5.41) is 10.6. The Balaban J connectivity index is 1.92. The quantitative estimate of drug-likeness (QED) is 0.577. The normalized spacial score (nSPS) is 12.0. The van der Waals surface area contributed by atoms with E-state index in [2.05, 4.69) is 4.98 Å². The Kier molecular flexibility index (Phi) is 5.71. The third-order valence-electron chi connectivity index (χ3n) is 3.05. The second kappa shape index (κ2) is 7.75. The summed E-state index contributed by atoms with van der Waals surface area (Å²) in [6, 6.07) is 10.5. The molecule has 0 aliphatic rings. The van der Waals surface area contributed by atoms with Crippen LogP contribution in [0.3, 0.4) is 0 Å². The molecule has 1 heterocycles. The molecule has 0 aliphatic heterocycles. The molecule has 0 radical (unpaired) electrons. The van der Waals surface area contributed by atoms with Gasteiger partial charge in [-0.15, -0.1) is 0 Å². The maximum atomic E-state index is 10.6. The Bertz CT molecular complexity index is 575. The number of hydrogen-bond acceptors (Lipinski definition) is 5. The van der Waals surface area contributed by atoms with Gasteiger partial charge in [0.15, 0.2) is 0 Å². The molecule has 0 spiro atoms. The van der Waals surface area contributed by atoms with E-state index in [0.717, 1.165) is 17.1 Å². The molecule has 0 amide bonds. The van der Waals surface area contributed by atoms with Crippen LogP contribution in [0.4, 0.5) is 5.69 Å². The van der Waals surface area contributed by atoms with E-state index in [1.807, 2.05) is 12.1 Å². The van der Waals surface area contributed by atoms with Crippen LogP contribution in [0.5, 0.6) is 0 Å². The van der Waals surface area contributed by atoms with Crippen molar-refractivity contribution in [1.29, 1.82) is 0 Å². The van der Waals surface area contributed by atoms with Gasteiger partial charge >= 0.3 is 0 Å². The summed E-state index contributed by atoms with van der Waals surface area (Å²) in [4.78, 5) is 14.2. The molecule has 2 rings (SSSR count). The highest BCUT2D eigenvalue weighted by molar-refractivity contribution is 7.98. The van der Waals surface area contributed by atoms with Gasteiger partial charge in [0.1, 0.15) is 0 Å². The van der Waals surface area contributed by atoms with Crippen molar-refractivity contribution in [1.82, 2.24) is 4.98 Å². The topological polar surface area (TPSA) is 65.3 Å². The van der Waals surface area contributed by atoms with Crippen LogP contribution in [-0.2, 0) is 10.5 Å². The predicted molar refractivity (Wildman–Crippen MR) is 83.2 cm³/mol. The average molecular weight is 304 g/mol. The van der Waals surface area contributed by atoms with Gasteiger partial charge in [-0.2, -0.15) is 11.8 Å². The van der Waals surface area contributed by atoms with E-state index in [1.54, 1.807) is 43.4 Å². The van der Waals surface area contributed by atoms with E-state index in [-0.39, 0.29) is 11.8 Å². The van der Waals surface area contributed by atoms with Gasteiger partial charge in [0.25, 0.3) is 5.69 Å². The Morgan fingerprint density at radius 2 is 1.90 bits per heavy atom. The van der Waals surface area contributed by atoms with Crippen LogP contribution in [0.15, 0.2) is 48.8 Å². The Hall–Kier alpha value is -1.92. The fraction of sp³-hybridized carbons (Fsp3) is 0.267. The lowest BCUT2D eigenvalue weighted by Crippen LogP contribution is -2.05. The molecule has 0 saturated carbocycles. The number of nitrogens with zero attached hydrogens (tertiary/aromatic N) is 2. The van der Waals surface area contributed by atoms with Crippen molar-refractivity contribution < 1.29 is 9.66 Å². The molecular formula is C15H16N2O3S. The van der Waals surface area contributed by atoms with E-state index in [1.165, 1.54) is 17.7 Å². The summed E-state index contributed by atoms with van der Waals surface area (Å²) in [6.45, 7) is 0. The molecule has 1 aromatic carbocycles. The van der Waals surface area contributed by atoms with Crippen molar-refractivity contribution in [2.24, 2.45) is 0 Å². The van der Waals surface area contributed by atoms with Crippen LogP contribution in [0.1, 0.15) is 17.2 Å². The number of hydrogen-bond donors (Lipinski definition) is 0.